The third-order valence-electron chi connectivity index (χ3n) is 4.74. The minimum atomic E-state index is -0.0412. The maximum atomic E-state index is 13.3. The third kappa shape index (κ3) is 5.06. The molecule has 0 saturated carbocycles. The molecule has 6 nitrogen and oxygen atoms in total. The Morgan fingerprint density at radius 1 is 0.900 bits per heavy atom. The predicted molar refractivity (Wildman–Crippen MR) is 121 cm³/mol. The van der Waals surface area contributed by atoms with E-state index < -0.39 is 0 Å². The Morgan fingerprint density at radius 2 is 1.53 bits per heavy atom. The lowest BCUT2D eigenvalue weighted by Gasteiger charge is -2.18. The van der Waals surface area contributed by atoms with E-state index in [4.69, 9.17) is 18.9 Å². The first kappa shape index (κ1) is 23.1. The average Bonchev–Trinajstić information content (AvgIpc) is 2.76. The molecule has 2 aromatic carbocycles. The van der Waals surface area contributed by atoms with Gasteiger partial charge in [0.1, 0.15) is 11.5 Å². The molecule has 2 aromatic rings. The van der Waals surface area contributed by atoms with Crippen molar-refractivity contribution >= 4 is 17.5 Å². The van der Waals surface area contributed by atoms with E-state index in [-0.39, 0.29) is 5.78 Å². The van der Waals surface area contributed by atoms with Crippen LogP contribution in [0.4, 0.5) is 5.69 Å². The van der Waals surface area contributed by atoms with Gasteiger partial charge in [-0.3, -0.25) is 4.79 Å². The highest BCUT2D eigenvalue weighted by Gasteiger charge is 2.17. The molecule has 0 atom stereocenters. The van der Waals surface area contributed by atoms with E-state index in [9.17, 15) is 4.79 Å². The highest BCUT2D eigenvalue weighted by atomic mass is 16.5. The summed E-state index contributed by atoms with van der Waals surface area (Å²) in [4.78, 5) is 15.2. The first-order valence-corrected chi connectivity index (χ1v) is 9.89. The smallest absolute Gasteiger partial charge is 0.189 e. The minimum Gasteiger partial charge on any atom is -0.496 e. The second-order valence-corrected chi connectivity index (χ2v) is 6.81. The number of allylic oxidation sites excluding steroid dienone is 1. The van der Waals surface area contributed by atoms with Gasteiger partial charge in [0.25, 0.3) is 0 Å². The highest BCUT2D eigenvalue weighted by molar-refractivity contribution is 6.12. The van der Waals surface area contributed by atoms with Crippen LogP contribution in [0.15, 0.2) is 35.9 Å². The number of carbonyl (C=O) groups excluding carboxylic acids is 1. The predicted octanol–water partition coefficient (Wildman–Crippen LogP) is 4.85. The minimum absolute atomic E-state index is 0.0412. The van der Waals surface area contributed by atoms with Crippen molar-refractivity contribution in [2.45, 2.75) is 20.3 Å². The normalized spacial score (nSPS) is 11.1. The summed E-state index contributed by atoms with van der Waals surface area (Å²) >= 11 is 0. The van der Waals surface area contributed by atoms with Crippen LogP contribution in [0.3, 0.4) is 0 Å². The van der Waals surface area contributed by atoms with Crippen molar-refractivity contribution in [2.24, 2.45) is 0 Å². The molecule has 0 radical (unpaired) electrons. The molecule has 0 saturated heterocycles. The zero-order valence-electron chi connectivity index (χ0n) is 18.9. The van der Waals surface area contributed by atoms with E-state index in [0.29, 0.717) is 41.4 Å². The molecular formula is C24H31NO5. The first-order chi connectivity index (χ1) is 14.4. The van der Waals surface area contributed by atoms with Crippen molar-refractivity contribution < 1.29 is 23.7 Å². The van der Waals surface area contributed by atoms with Crippen LogP contribution >= 0.6 is 0 Å². The number of Topliss-reactive ketones (excluding diaryl/α,β-unsaturated/α-hetero) is 1. The Kier molecular flexibility index (Phi) is 8.16. The van der Waals surface area contributed by atoms with Crippen LogP contribution in [0.25, 0.3) is 6.08 Å². The Balaban J connectivity index is 2.51. The number of ketones is 1. The van der Waals surface area contributed by atoms with E-state index in [2.05, 4.69) is 0 Å². The largest absolute Gasteiger partial charge is 0.496 e. The van der Waals surface area contributed by atoms with Crippen molar-refractivity contribution in [3.05, 3.63) is 47.0 Å². The molecule has 0 spiro atoms. The van der Waals surface area contributed by atoms with Gasteiger partial charge in [0.2, 0.25) is 0 Å². The number of nitrogens with zero attached hydrogens (tertiary/aromatic N) is 1. The Labute approximate surface area is 179 Å². The molecule has 0 amide bonds. The number of anilines is 1. The lowest BCUT2D eigenvalue weighted by atomic mass is 9.97. The van der Waals surface area contributed by atoms with Gasteiger partial charge in [0.05, 0.1) is 33.6 Å². The van der Waals surface area contributed by atoms with Gasteiger partial charge in [-0.1, -0.05) is 6.92 Å². The van der Waals surface area contributed by atoms with Gasteiger partial charge in [-0.2, -0.15) is 0 Å². The Hall–Kier alpha value is -3.15. The lowest BCUT2D eigenvalue weighted by molar-refractivity contribution is 0.103. The average molecular weight is 414 g/mol. The summed E-state index contributed by atoms with van der Waals surface area (Å²) < 4.78 is 21.9. The van der Waals surface area contributed by atoms with E-state index in [1.807, 2.05) is 57.1 Å². The molecule has 2 rings (SSSR count). The molecule has 0 unspecified atom stereocenters. The van der Waals surface area contributed by atoms with Gasteiger partial charge >= 0.3 is 0 Å². The molecule has 0 N–H and O–H groups in total. The number of methoxy groups -OCH3 is 3. The third-order valence-corrected chi connectivity index (χ3v) is 4.74. The topological polar surface area (TPSA) is 57.2 Å². The van der Waals surface area contributed by atoms with Crippen molar-refractivity contribution in [3.63, 3.8) is 0 Å². The second-order valence-electron chi connectivity index (χ2n) is 6.81. The van der Waals surface area contributed by atoms with Crippen molar-refractivity contribution in [3.8, 4) is 23.0 Å². The van der Waals surface area contributed by atoms with Crippen LogP contribution in [0.2, 0.25) is 0 Å². The molecule has 30 heavy (non-hydrogen) atoms. The van der Waals surface area contributed by atoms with Crippen LogP contribution in [-0.2, 0) is 0 Å². The van der Waals surface area contributed by atoms with Gasteiger partial charge in [-0.15, -0.1) is 0 Å². The van der Waals surface area contributed by atoms with Crippen molar-refractivity contribution in [1.82, 2.24) is 0 Å². The fourth-order valence-electron chi connectivity index (χ4n) is 3.15. The maximum absolute atomic E-state index is 13.3. The summed E-state index contributed by atoms with van der Waals surface area (Å²) in [6.07, 6.45) is 2.41. The fourth-order valence-corrected chi connectivity index (χ4v) is 3.15. The first-order valence-electron chi connectivity index (χ1n) is 9.89. The van der Waals surface area contributed by atoms with Crippen LogP contribution in [0.5, 0.6) is 23.0 Å². The van der Waals surface area contributed by atoms with E-state index in [1.54, 1.807) is 33.5 Å². The van der Waals surface area contributed by atoms with Gasteiger partial charge in [-0.05, 0) is 43.7 Å². The zero-order valence-corrected chi connectivity index (χ0v) is 18.9. The number of ether oxygens (including phenoxy) is 4. The number of hydrogen-bond donors (Lipinski definition) is 0. The number of hydrogen-bond acceptors (Lipinski definition) is 6. The Morgan fingerprint density at radius 3 is 2.07 bits per heavy atom. The molecule has 0 aliphatic carbocycles. The summed E-state index contributed by atoms with van der Waals surface area (Å²) in [6, 6.07) is 9.07. The lowest BCUT2D eigenvalue weighted by Crippen LogP contribution is -2.12. The molecule has 0 aliphatic rings. The second kappa shape index (κ2) is 10.6. The summed E-state index contributed by atoms with van der Waals surface area (Å²) in [6.45, 7) is 4.46. The number of rotatable bonds is 10. The SMILES string of the molecule is CCOc1ccc(C(=O)/C(=C/c2cc(OC)c(OC)cc2OC)CC)cc1N(C)C. The number of benzene rings is 2. The van der Waals surface area contributed by atoms with Gasteiger partial charge in [0.15, 0.2) is 17.3 Å². The molecule has 162 valence electrons. The summed E-state index contributed by atoms with van der Waals surface area (Å²) in [5.41, 5.74) is 2.88. The molecule has 0 heterocycles. The van der Waals surface area contributed by atoms with Crippen molar-refractivity contribution in [2.75, 3.05) is 46.9 Å². The summed E-state index contributed by atoms with van der Waals surface area (Å²) in [7, 11) is 8.59. The van der Waals surface area contributed by atoms with Crippen molar-refractivity contribution in [1.29, 1.82) is 0 Å². The van der Waals surface area contributed by atoms with Crippen LogP contribution in [-0.4, -0.2) is 47.8 Å². The van der Waals surface area contributed by atoms with Gasteiger partial charge < -0.3 is 23.8 Å². The molecule has 0 bridgehead atoms. The Bertz CT molecular complexity index is 918. The zero-order chi connectivity index (χ0) is 22.3. The highest BCUT2D eigenvalue weighted by Crippen LogP contribution is 2.36. The monoisotopic (exact) mass is 413 g/mol. The van der Waals surface area contributed by atoms with Crippen LogP contribution in [0.1, 0.15) is 36.2 Å². The number of carbonyl (C=O) groups is 1. The van der Waals surface area contributed by atoms with Gasteiger partial charge in [0, 0.05) is 36.9 Å². The van der Waals surface area contributed by atoms with Crippen LogP contribution < -0.4 is 23.8 Å². The van der Waals surface area contributed by atoms with E-state index in [1.165, 1.54) is 0 Å². The molecule has 0 fully saturated rings. The van der Waals surface area contributed by atoms with E-state index >= 15 is 0 Å². The standard InChI is InChI=1S/C24H31NO5/c1-8-16(12-18-14-22(28-6)23(29-7)15-21(18)27-5)24(26)17-10-11-20(30-9-2)19(13-17)25(3)4/h10-15H,8-9H2,1-7H3/b16-12+. The van der Waals surface area contributed by atoms with Crippen LogP contribution in [0, 0.1) is 0 Å². The summed E-state index contributed by atoms with van der Waals surface area (Å²) in [5, 5.41) is 0. The van der Waals surface area contributed by atoms with E-state index in [0.717, 1.165) is 17.0 Å². The van der Waals surface area contributed by atoms with Gasteiger partial charge in [-0.25, -0.2) is 0 Å². The molecule has 0 aliphatic heterocycles. The summed E-state index contributed by atoms with van der Waals surface area (Å²) in [5.74, 6) is 2.46. The maximum Gasteiger partial charge on any atom is 0.189 e. The molecule has 0 aromatic heterocycles. The quantitative estimate of drug-likeness (QED) is 0.410. The molecular weight excluding hydrogens is 382 g/mol. The fraction of sp³-hybridized carbons (Fsp3) is 0.375. The molecule has 6 heteroatoms.